The molecule has 0 aromatic rings. The average molecular weight is 223 g/mol. The highest BCUT2D eigenvalue weighted by molar-refractivity contribution is 5.08. The van der Waals surface area contributed by atoms with Crippen LogP contribution in [-0.2, 0) is 0 Å². The molecule has 1 aliphatic carbocycles. The predicted octanol–water partition coefficient (Wildman–Crippen LogP) is 2.00. The number of nitriles is 1. The first-order chi connectivity index (χ1) is 7.49. The molecule has 3 nitrogen and oxygen atoms in total. The maximum atomic E-state index is 9.30. The van der Waals surface area contributed by atoms with Gasteiger partial charge in [-0.3, -0.25) is 5.32 Å². The van der Waals surface area contributed by atoms with E-state index in [2.05, 4.69) is 37.1 Å². The van der Waals surface area contributed by atoms with Crippen molar-refractivity contribution in [3.8, 4) is 6.07 Å². The van der Waals surface area contributed by atoms with Gasteiger partial charge in [-0.25, -0.2) is 0 Å². The number of nitrogens with zero attached hydrogens (tertiary/aromatic N) is 2. The van der Waals surface area contributed by atoms with Crippen molar-refractivity contribution in [3.05, 3.63) is 0 Å². The minimum atomic E-state index is -0.383. The fourth-order valence-corrected chi connectivity index (χ4v) is 2.06. The third-order valence-corrected chi connectivity index (χ3v) is 2.96. The summed E-state index contributed by atoms with van der Waals surface area (Å²) in [5, 5.41) is 12.8. The molecule has 0 aliphatic heterocycles. The maximum absolute atomic E-state index is 9.30. The molecule has 1 atom stereocenters. The van der Waals surface area contributed by atoms with Crippen LogP contribution in [0.25, 0.3) is 0 Å². The first-order valence-electron chi connectivity index (χ1n) is 6.40. The second-order valence-electron chi connectivity index (χ2n) is 5.58. The summed E-state index contributed by atoms with van der Waals surface area (Å²) in [5.74, 6) is 0.656. The summed E-state index contributed by atoms with van der Waals surface area (Å²) in [6.07, 6.45) is 2.46. The minimum absolute atomic E-state index is 0.383. The first kappa shape index (κ1) is 13.5. The van der Waals surface area contributed by atoms with Crippen LogP contribution in [-0.4, -0.2) is 36.1 Å². The second kappa shape index (κ2) is 5.65. The molecular weight excluding hydrogens is 198 g/mol. The molecular formula is C13H25N3. The molecule has 1 N–H and O–H groups in total. The number of nitrogens with one attached hydrogen (secondary N) is 1. The van der Waals surface area contributed by atoms with Gasteiger partial charge in [0.25, 0.3) is 0 Å². The van der Waals surface area contributed by atoms with Crippen molar-refractivity contribution in [3.63, 3.8) is 0 Å². The lowest BCUT2D eigenvalue weighted by atomic mass is 10.0. The molecule has 0 bridgehead atoms. The lowest BCUT2D eigenvalue weighted by Gasteiger charge is -2.31. The molecule has 0 aromatic carbocycles. The third kappa shape index (κ3) is 4.51. The molecule has 0 aromatic heterocycles. The number of likely N-dealkylation sites (N-methyl/N-ethyl adjacent to an activating group) is 1. The maximum Gasteiger partial charge on any atom is 0.116 e. The summed E-state index contributed by atoms with van der Waals surface area (Å²) in [6, 6.07) is 3.02. The normalized spacial score (nSPS) is 19.8. The van der Waals surface area contributed by atoms with E-state index < -0.39 is 0 Å². The number of hydrogen-bond donors (Lipinski definition) is 1. The molecule has 1 aliphatic rings. The minimum Gasteiger partial charge on any atom is -0.300 e. The summed E-state index contributed by atoms with van der Waals surface area (Å²) in [4.78, 5) is 2.36. The fourth-order valence-electron chi connectivity index (χ4n) is 2.06. The van der Waals surface area contributed by atoms with Crippen LogP contribution in [0.5, 0.6) is 0 Å². The van der Waals surface area contributed by atoms with Crippen molar-refractivity contribution in [2.45, 2.75) is 52.1 Å². The molecule has 1 saturated carbocycles. The zero-order chi connectivity index (χ0) is 12.2. The zero-order valence-electron chi connectivity index (χ0n) is 11.1. The zero-order valence-corrected chi connectivity index (χ0v) is 11.1. The van der Waals surface area contributed by atoms with Gasteiger partial charge >= 0.3 is 0 Å². The van der Waals surface area contributed by atoms with Crippen LogP contribution in [0.3, 0.4) is 0 Å². The van der Waals surface area contributed by atoms with E-state index in [9.17, 15) is 5.26 Å². The second-order valence-corrected chi connectivity index (χ2v) is 5.58. The third-order valence-electron chi connectivity index (χ3n) is 2.96. The Morgan fingerprint density at radius 2 is 2.12 bits per heavy atom. The largest absolute Gasteiger partial charge is 0.300 e. The molecule has 3 heteroatoms. The van der Waals surface area contributed by atoms with E-state index in [1.165, 1.54) is 12.8 Å². The lowest BCUT2D eigenvalue weighted by Crippen LogP contribution is -2.51. The van der Waals surface area contributed by atoms with Gasteiger partial charge in [0, 0.05) is 19.1 Å². The molecule has 0 radical (unpaired) electrons. The van der Waals surface area contributed by atoms with Crippen LogP contribution in [0.2, 0.25) is 0 Å². The highest BCUT2D eigenvalue weighted by Gasteiger charge is 2.33. The summed E-state index contributed by atoms with van der Waals surface area (Å²) in [7, 11) is 0. The smallest absolute Gasteiger partial charge is 0.116 e. The van der Waals surface area contributed by atoms with E-state index in [1.807, 2.05) is 6.92 Å². The Morgan fingerprint density at radius 1 is 1.50 bits per heavy atom. The Bertz CT molecular complexity index is 252. The Hall–Kier alpha value is -0.590. The summed E-state index contributed by atoms with van der Waals surface area (Å²) in [5.41, 5.74) is -0.383. The molecule has 0 spiro atoms. The van der Waals surface area contributed by atoms with Crippen LogP contribution in [0.4, 0.5) is 0 Å². The average Bonchev–Trinajstić information content (AvgIpc) is 3.00. The molecule has 16 heavy (non-hydrogen) atoms. The van der Waals surface area contributed by atoms with Gasteiger partial charge < -0.3 is 4.90 Å². The van der Waals surface area contributed by atoms with Crippen molar-refractivity contribution in [2.75, 3.05) is 19.6 Å². The monoisotopic (exact) mass is 223 g/mol. The van der Waals surface area contributed by atoms with Gasteiger partial charge in [-0.05, 0) is 32.2 Å². The summed E-state index contributed by atoms with van der Waals surface area (Å²) in [6.45, 7) is 11.5. The van der Waals surface area contributed by atoms with Crippen LogP contribution < -0.4 is 5.32 Å². The van der Waals surface area contributed by atoms with Crippen LogP contribution in [0.15, 0.2) is 0 Å². The molecule has 1 unspecified atom stereocenters. The Balaban J connectivity index is 2.48. The molecule has 0 saturated heterocycles. The van der Waals surface area contributed by atoms with Gasteiger partial charge in [0.2, 0.25) is 0 Å². The van der Waals surface area contributed by atoms with E-state index in [1.54, 1.807) is 0 Å². The number of rotatable bonds is 7. The van der Waals surface area contributed by atoms with Gasteiger partial charge in [-0.15, -0.1) is 0 Å². The van der Waals surface area contributed by atoms with Gasteiger partial charge in [-0.2, -0.15) is 5.26 Å². The van der Waals surface area contributed by atoms with Crippen molar-refractivity contribution < 1.29 is 0 Å². The van der Waals surface area contributed by atoms with E-state index in [0.29, 0.717) is 12.0 Å². The van der Waals surface area contributed by atoms with Crippen molar-refractivity contribution in [1.29, 1.82) is 5.26 Å². The standard InChI is InChI=1S/C13H25N3/c1-5-16(8-11(2)3)10-13(4,9-14)15-12-6-7-12/h11-12,15H,5-8,10H2,1-4H3. The van der Waals surface area contributed by atoms with E-state index in [4.69, 9.17) is 0 Å². The van der Waals surface area contributed by atoms with Crippen LogP contribution in [0.1, 0.15) is 40.5 Å². The van der Waals surface area contributed by atoms with Crippen LogP contribution >= 0.6 is 0 Å². The summed E-state index contributed by atoms with van der Waals surface area (Å²) >= 11 is 0. The lowest BCUT2D eigenvalue weighted by molar-refractivity contribution is 0.207. The highest BCUT2D eigenvalue weighted by Crippen LogP contribution is 2.22. The number of hydrogen-bond acceptors (Lipinski definition) is 3. The topological polar surface area (TPSA) is 39.1 Å². The highest BCUT2D eigenvalue weighted by atomic mass is 15.2. The molecule has 0 amide bonds. The van der Waals surface area contributed by atoms with Gasteiger partial charge in [0.1, 0.15) is 5.54 Å². The quantitative estimate of drug-likeness (QED) is 0.717. The Morgan fingerprint density at radius 3 is 2.50 bits per heavy atom. The SMILES string of the molecule is CCN(CC(C)C)CC(C)(C#N)NC1CC1. The van der Waals surface area contributed by atoms with Gasteiger partial charge in [0.15, 0.2) is 0 Å². The van der Waals surface area contributed by atoms with E-state index >= 15 is 0 Å². The van der Waals surface area contributed by atoms with Crippen molar-refractivity contribution in [2.24, 2.45) is 5.92 Å². The molecule has 0 heterocycles. The van der Waals surface area contributed by atoms with E-state index in [-0.39, 0.29) is 5.54 Å². The molecule has 1 fully saturated rings. The van der Waals surface area contributed by atoms with Crippen LogP contribution in [0, 0.1) is 17.2 Å². The Labute approximate surface area is 99.8 Å². The van der Waals surface area contributed by atoms with Gasteiger partial charge in [0.05, 0.1) is 6.07 Å². The predicted molar refractivity (Wildman–Crippen MR) is 67.1 cm³/mol. The molecule has 92 valence electrons. The summed E-state index contributed by atoms with van der Waals surface area (Å²) < 4.78 is 0. The van der Waals surface area contributed by atoms with Crippen molar-refractivity contribution in [1.82, 2.24) is 10.2 Å². The van der Waals surface area contributed by atoms with E-state index in [0.717, 1.165) is 19.6 Å². The Kier molecular flexibility index (Phi) is 4.76. The first-order valence-corrected chi connectivity index (χ1v) is 6.40. The molecule has 1 rings (SSSR count). The fraction of sp³-hybridized carbons (Fsp3) is 0.923. The van der Waals surface area contributed by atoms with Crippen molar-refractivity contribution >= 4 is 0 Å². The van der Waals surface area contributed by atoms with Gasteiger partial charge in [-0.1, -0.05) is 20.8 Å².